The Bertz CT molecular complexity index is 315. The molecule has 0 fully saturated rings. The van der Waals surface area contributed by atoms with Gasteiger partial charge in [0.15, 0.2) is 0 Å². The van der Waals surface area contributed by atoms with Gasteiger partial charge >= 0.3 is 0 Å². The Morgan fingerprint density at radius 3 is 2.69 bits per heavy atom. The van der Waals surface area contributed by atoms with E-state index in [1.165, 1.54) is 0 Å². The van der Waals surface area contributed by atoms with Crippen molar-refractivity contribution in [3.05, 3.63) is 29.8 Å². The lowest BCUT2D eigenvalue weighted by Crippen LogP contribution is -2.16. The minimum Gasteiger partial charge on any atom is -0.497 e. The highest BCUT2D eigenvalue weighted by molar-refractivity contribution is 5.30. The Hall–Kier alpha value is -1.06. The van der Waals surface area contributed by atoms with Crippen LogP contribution in [0.25, 0.3) is 0 Å². The molecule has 0 aliphatic heterocycles. The van der Waals surface area contributed by atoms with Crippen molar-refractivity contribution in [1.82, 2.24) is 0 Å². The highest BCUT2D eigenvalue weighted by Crippen LogP contribution is 2.22. The average molecular weight is 223 g/mol. The highest BCUT2D eigenvalue weighted by atomic mass is 16.5. The quantitative estimate of drug-likeness (QED) is 0.805. The molecule has 1 aromatic rings. The van der Waals surface area contributed by atoms with E-state index in [9.17, 15) is 0 Å². The summed E-state index contributed by atoms with van der Waals surface area (Å²) in [4.78, 5) is 0. The number of hydrogen-bond acceptors (Lipinski definition) is 3. The van der Waals surface area contributed by atoms with Crippen LogP contribution in [0, 0.1) is 5.92 Å². The van der Waals surface area contributed by atoms with Crippen molar-refractivity contribution in [2.45, 2.75) is 19.4 Å². The predicted molar refractivity (Wildman–Crippen MR) is 65.6 cm³/mol. The number of ether oxygens (including phenoxy) is 2. The second-order valence-electron chi connectivity index (χ2n) is 4.18. The highest BCUT2D eigenvalue weighted by Gasteiger charge is 2.11. The number of rotatable bonds is 6. The van der Waals surface area contributed by atoms with E-state index in [2.05, 4.69) is 6.92 Å². The lowest BCUT2D eigenvalue weighted by atomic mass is 9.97. The second-order valence-corrected chi connectivity index (χ2v) is 4.18. The van der Waals surface area contributed by atoms with E-state index in [0.717, 1.165) is 24.3 Å². The summed E-state index contributed by atoms with van der Waals surface area (Å²) in [6, 6.07) is 7.96. The minimum absolute atomic E-state index is 0.0419. The smallest absolute Gasteiger partial charge is 0.119 e. The lowest BCUT2D eigenvalue weighted by molar-refractivity contribution is 0.152. The maximum atomic E-state index is 6.14. The van der Waals surface area contributed by atoms with E-state index >= 15 is 0 Å². The Kier molecular flexibility index (Phi) is 5.29. The first-order valence-corrected chi connectivity index (χ1v) is 5.55. The molecule has 0 aromatic heterocycles. The summed E-state index contributed by atoms with van der Waals surface area (Å²) in [7, 11) is 3.38. The van der Waals surface area contributed by atoms with Gasteiger partial charge in [-0.1, -0.05) is 19.1 Å². The molecule has 0 bridgehead atoms. The van der Waals surface area contributed by atoms with Crippen LogP contribution in [0.2, 0.25) is 0 Å². The molecule has 1 aromatic carbocycles. The largest absolute Gasteiger partial charge is 0.497 e. The first kappa shape index (κ1) is 13.0. The van der Waals surface area contributed by atoms with Gasteiger partial charge in [-0.3, -0.25) is 0 Å². The van der Waals surface area contributed by atoms with Gasteiger partial charge in [0.1, 0.15) is 5.75 Å². The predicted octanol–water partition coefficient (Wildman–Crippen LogP) is 2.37. The van der Waals surface area contributed by atoms with Gasteiger partial charge in [0.2, 0.25) is 0 Å². The first-order valence-electron chi connectivity index (χ1n) is 5.55. The van der Waals surface area contributed by atoms with Gasteiger partial charge in [-0.05, 0) is 30.0 Å². The zero-order valence-electron chi connectivity index (χ0n) is 10.3. The average Bonchev–Trinajstić information content (AvgIpc) is 2.29. The molecule has 16 heavy (non-hydrogen) atoms. The van der Waals surface area contributed by atoms with Crippen LogP contribution in [0.4, 0.5) is 0 Å². The van der Waals surface area contributed by atoms with Crippen LogP contribution >= 0.6 is 0 Å². The third kappa shape index (κ3) is 3.83. The maximum Gasteiger partial charge on any atom is 0.119 e. The minimum atomic E-state index is 0.0419. The van der Waals surface area contributed by atoms with E-state index in [-0.39, 0.29) is 6.04 Å². The fraction of sp³-hybridized carbons (Fsp3) is 0.538. The summed E-state index contributed by atoms with van der Waals surface area (Å²) in [5, 5.41) is 0. The van der Waals surface area contributed by atoms with Crippen LogP contribution in [0.5, 0.6) is 5.75 Å². The van der Waals surface area contributed by atoms with E-state index in [1.54, 1.807) is 14.2 Å². The molecule has 0 radical (unpaired) electrons. The van der Waals surface area contributed by atoms with Crippen LogP contribution in [-0.4, -0.2) is 20.8 Å². The van der Waals surface area contributed by atoms with Crippen LogP contribution in [-0.2, 0) is 4.74 Å². The zero-order valence-corrected chi connectivity index (χ0v) is 10.3. The van der Waals surface area contributed by atoms with Crippen LogP contribution in [0.15, 0.2) is 24.3 Å². The standard InChI is InChI=1S/C13H21NO2/c1-10(9-15-2)7-13(14)11-5-4-6-12(8-11)16-3/h4-6,8,10,13H,7,9,14H2,1-3H3. The SMILES string of the molecule is COCC(C)CC(N)c1cccc(OC)c1. The summed E-state index contributed by atoms with van der Waals surface area (Å²) in [6.45, 7) is 2.89. The Labute approximate surface area is 97.6 Å². The molecular formula is C13H21NO2. The topological polar surface area (TPSA) is 44.5 Å². The molecule has 3 heteroatoms. The van der Waals surface area contributed by atoms with E-state index in [4.69, 9.17) is 15.2 Å². The molecule has 0 aliphatic rings. The van der Waals surface area contributed by atoms with Gasteiger partial charge in [0.25, 0.3) is 0 Å². The molecule has 0 spiro atoms. The molecule has 3 nitrogen and oxygen atoms in total. The normalized spacial score (nSPS) is 14.5. The van der Waals surface area contributed by atoms with Crippen LogP contribution < -0.4 is 10.5 Å². The van der Waals surface area contributed by atoms with E-state index in [0.29, 0.717) is 5.92 Å². The third-order valence-corrected chi connectivity index (χ3v) is 2.63. The fourth-order valence-electron chi connectivity index (χ4n) is 1.79. The van der Waals surface area contributed by atoms with Gasteiger partial charge in [0, 0.05) is 19.8 Å². The van der Waals surface area contributed by atoms with Gasteiger partial charge in [-0.2, -0.15) is 0 Å². The van der Waals surface area contributed by atoms with E-state index in [1.807, 2.05) is 24.3 Å². The van der Waals surface area contributed by atoms with Crippen molar-refractivity contribution in [1.29, 1.82) is 0 Å². The van der Waals surface area contributed by atoms with Gasteiger partial charge < -0.3 is 15.2 Å². The maximum absolute atomic E-state index is 6.14. The Morgan fingerprint density at radius 1 is 1.31 bits per heavy atom. The number of hydrogen-bond donors (Lipinski definition) is 1. The number of nitrogens with two attached hydrogens (primary N) is 1. The van der Waals surface area contributed by atoms with Crippen LogP contribution in [0.1, 0.15) is 24.9 Å². The summed E-state index contributed by atoms with van der Waals surface area (Å²) in [5.41, 5.74) is 7.25. The van der Waals surface area contributed by atoms with Gasteiger partial charge in [0.05, 0.1) is 7.11 Å². The van der Waals surface area contributed by atoms with Gasteiger partial charge in [-0.15, -0.1) is 0 Å². The molecule has 0 amide bonds. The van der Waals surface area contributed by atoms with Crippen LogP contribution in [0.3, 0.4) is 0 Å². The molecule has 1 rings (SSSR count). The molecule has 0 heterocycles. The third-order valence-electron chi connectivity index (χ3n) is 2.63. The molecule has 2 N–H and O–H groups in total. The molecule has 2 atom stereocenters. The van der Waals surface area contributed by atoms with Gasteiger partial charge in [-0.25, -0.2) is 0 Å². The van der Waals surface area contributed by atoms with Crippen molar-refractivity contribution in [2.24, 2.45) is 11.7 Å². The molecule has 2 unspecified atom stereocenters. The summed E-state index contributed by atoms with van der Waals surface area (Å²) in [6.07, 6.45) is 0.918. The monoisotopic (exact) mass is 223 g/mol. The number of methoxy groups -OCH3 is 2. The molecule has 90 valence electrons. The molecule has 0 saturated heterocycles. The molecular weight excluding hydrogens is 202 g/mol. The molecule has 0 aliphatic carbocycles. The zero-order chi connectivity index (χ0) is 12.0. The fourth-order valence-corrected chi connectivity index (χ4v) is 1.79. The molecule has 0 saturated carbocycles. The lowest BCUT2D eigenvalue weighted by Gasteiger charge is -2.17. The van der Waals surface area contributed by atoms with Crippen molar-refractivity contribution in [2.75, 3.05) is 20.8 Å². The second kappa shape index (κ2) is 6.51. The van der Waals surface area contributed by atoms with E-state index < -0.39 is 0 Å². The van der Waals surface area contributed by atoms with Crippen molar-refractivity contribution in [3.8, 4) is 5.75 Å². The van der Waals surface area contributed by atoms with Crippen molar-refractivity contribution >= 4 is 0 Å². The first-order chi connectivity index (χ1) is 7.67. The Balaban J connectivity index is 2.61. The van der Waals surface area contributed by atoms with Crippen molar-refractivity contribution in [3.63, 3.8) is 0 Å². The summed E-state index contributed by atoms with van der Waals surface area (Å²) < 4.78 is 10.3. The van der Waals surface area contributed by atoms with Crippen molar-refractivity contribution < 1.29 is 9.47 Å². The summed E-state index contributed by atoms with van der Waals surface area (Å²) in [5.74, 6) is 1.32. The number of benzene rings is 1. The summed E-state index contributed by atoms with van der Waals surface area (Å²) >= 11 is 0. The Morgan fingerprint density at radius 2 is 2.06 bits per heavy atom.